The first-order valence-electron chi connectivity index (χ1n) is 10.0. The van der Waals surface area contributed by atoms with Crippen molar-refractivity contribution in [3.05, 3.63) is 89.5 Å². The van der Waals surface area contributed by atoms with Crippen LogP contribution in [-0.2, 0) is 11.3 Å². The molecule has 0 heterocycles. The number of nitrogen functional groups attached to an aromatic ring is 1. The predicted molar refractivity (Wildman–Crippen MR) is 118 cm³/mol. The van der Waals surface area contributed by atoms with Crippen LogP contribution in [0.3, 0.4) is 0 Å². The summed E-state index contributed by atoms with van der Waals surface area (Å²) in [6, 6.07) is 22.5. The third-order valence-corrected chi connectivity index (χ3v) is 4.55. The van der Waals surface area contributed by atoms with Gasteiger partial charge in [-0.2, -0.15) is 0 Å². The number of unbranched alkanes of at least 4 members (excludes halogenated alkanes) is 1. The molecule has 0 unspecified atom stereocenters. The Morgan fingerprint density at radius 3 is 2.30 bits per heavy atom. The van der Waals surface area contributed by atoms with Gasteiger partial charge in [0.2, 0.25) is 0 Å². The highest BCUT2D eigenvalue weighted by atomic mass is 16.5. The fraction of sp³-hybridized carbons (Fsp3) is 0.240. The van der Waals surface area contributed by atoms with Crippen molar-refractivity contribution in [1.82, 2.24) is 0 Å². The molecule has 3 aromatic rings. The molecule has 0 amide bonds. The minimum absolute atomic E-state index is 0.223. The van der Waals surface area contributed by atoms with Gasteiger partial charge in [0, 0.05) is 0 Å². The van der Waals surface area contributed by atoms with E-state index >= 15 is 0 Å². The van der Waals surface area contributed by atoms with Crippen LogP contribution in [0.2, 0.25) is 0 Å². The van der Waals surface area contributed by atoms with Gasteiger partial charge in [0.15, 0.2) is 0 Å². The number of carbonyl (C=O) groups excluding carboxylic acids is 1. The smallest absolute Gasteiger partial charge is 0.338 e. The highest BCUT2D eigenvalue weighted by Crippen LogP contribution is 2.24. The molecule has 30 heavy (non-hydrogen) atoms. The molecule has 2 N–H and O–H groups in total. The van der Waals surface area contributed by atoms with Gasteiger partial charge in [-0.25, -0.2) is 4.79 Å². The fourth-order valence-electron chi connectivity index (χ4n) is 2.80. The summed E-state index contributed by atoms with van der Waals surface area (Å²) < 4.78 is 16.8. The normalized spacial score (nSPS) is 10.4. The largest absolute Gasteiger partial charge is 0.494 e. The lowest BCUT2D eigenvalue weighted by Crippen LogP contribution is -2.08. The van der Waals surface area contributed by atoms with E-state index in [4.69, 9.17) is 19.9 Å². The summed E-state index contributed by atoms with van der Waals surface area (Å²) in [6.45, 7) is 3.38. The average Bonchev–Trinajstić information content (AvgIpc) is 2.77. The van der Waals surface area contributed by atoms with Gasteiger partial charge >= 0.3 is 5.97 Å². The maximum Gasteiger partial charge on any atom is 0.338 e. The van der Waals surface area contributed by atoms with Crippen molar-refractivity contribution in [3.63, 3.8) is 0 Å². The minimum atomic E-state index is -0.407. The highest BCUT2D eigenvalue weighted by molar-refractivity contribution is 5.90. The second-order valence-electron chi connectivity index (χ2n) is 7.03. The van der Waals surface area contributed by atoms with Crippen molar-refractivity contribution >= 4 is 11.7 Å². The van der Waals surface area contributed by atoms with E-state index in [-0.39, 0.29) is 6.61 Å². The summed E-state index contributed by atoms with van der Waals surface area (Å²) in [6.07, 6.45) is 1.67. The van der Waals surface area contributed by atoms with Crippen molar-refractivity contribution in [2.75, 3.05) is 18.9 Å². The zero-order valence-corrected chi connectivity index (χ0v) is 17.2. The highest BCUT2D eigenvalue weighted by Gasteiger charge is 2.11. The third kappa shape index (κ3) is 6.55. The second kappa shape index (κ2) is 10.9. The molecule has 0 spiro atoms. The number of hydrogen-bond donors (Lipinski definition) is 1. The number of anilines is 1. The van der Waals surface area contributed by atoms with E-state index in [9.17, 15) is 4.79 Å². The first-order valence-corrected chi connectivity index (χ1v) is 10.0. The number of aryl methyl sites for hydroxylation is 1. The van der Waals surface area contributed by atoms with Gasteiger partial charge in [-0.05, 0) is 55.7 Å². The molecule has 0 atom stereocenters. The van der Waals surface area contributed by atoms with Crippen molar-refractivity contribution in [3.8, 4) is 11.5 Å². The topological polar surface area (TPSA) is 70.8 Å². The van der Waals surface area contributed by atoms with Crippen LogP contribution in [0.5, 0.6) is 11.5 Å². The van der Waals surface area contributed by atoms with Gasteiger partial charge in [0.25, 0.3) is 0 Å². The molecule has 3 aromatic carbocycles. The predicted octanol–water partition coefficient (Wildman–Crippen LogP) is 5.17. The molecule has 0 saturated carbocycles. The molecule has 0 aliphatic rings. The molecule has 0 fully saturated rings. The van der Waals surface area contributed by atoms with Crippen LogP contribution in [0.25, 0.3) is 0 Å². The average molecular weight is 405 g/mol. The lowest BCUT2D eigenvalue weighted by molar-refractivity contribution is 0.0472. The zero-order chi connectivity index (χ0) is 21.2. The summed E-state index contributed by atoms with van der Waals surface area (Å²) in [5.41, 5.74) is 9.03. The van der Waals surface area contributed by atoms with Crippen molar-refractivity contribution in [1.29, 1.82) is 0 Å². The number of carbonyl (C=O) groups is 1. The van der Waals surface area contributed by atoms with Gasteiger partial charge in [0.05, 0.1) is 24.5 Å². The summed E-state index contributed by atoms with van der Waals surface area (Å²) in [7, 11) is 0. The SMILES string of the molecule is Cc1ccc(OCCCCOc2cc(C(=O)OCc3ccccc3)ccc2N)cc1. The van der Waals surface area contributed by atoms with E-state index in [1.165, 1.54) is 5.56 Å². The van der Waals surface area contributed by atoms with Crippen LogP contribution in [0.4, 0.5) is 5.69 Å². The first kappa shape index (κ1) is 21.2. The van der Waals surface area contributed by atoms with Crippen molar-refractivity contribution < 1.29 is 19.0 Å². The van der Waals surface area contributed by atoms with Crippen LogP contribution in [0.15, 0.2) is 72.8 Å². The Morgan fingerprint density at radius 2 is 1.57 bits per heavy atom. The Morgan fingerprint density at radius 1 is 0.867 bits per heavy atom. The molecule has 0 radical (unpaired) electrons. The summed E-state index contributed by atoms with van der Waals surface area (Å²) in [5, 5.41) is 0. The molecule has 0 bridgehead atoms. The fourth-order valence-corrected chi connectivity index (χ4v) is 2.80. The molecule has 0 aromatic heterocycles. The van der Waals surface area contributed by atoms with Gasteiger partial charge in [-0.3, -0.25) is 0 Å². The van der Waals surface area contributed by atoms with Crippen LogP contribution < -0.4 is 15.2 Å². The Labute approximate surface area is 177 Å². The molecule has 3 rings (SSSR count). The minimum Gasteiger partial charge on any atom is -0.494 e. The maximum absolute atomic E-state index is 12.3. The monoisotopic (exact) mass is 405 g/mol. The number of benzene rings is 3. The number of rotatable bonds is 10. The van der Waals surface area contributed by atoms with Crippen LogP contribution >= 0.6 is 0 Å². The number of hydrogen-bond acceptors (Lipinski definition) is 5. The second-order valence-corrected chi connectivity index (χ2v) is 7.03. The van der Waals surface area contributed by atoms with Gasteiger partial charge in [-0.1, -0.05) is 48.0 Å². The number of nitrogens with two attached hydrogens (primary N) is 1. The quantitative estimate of drug-likeness (QED) is 0.286. The summed E-state index contributed by atoms with van der Waals surface area (Å²) in [5.74, 6) is 0.950. The lowest BCUT2D eigenvalue weighted by Gasteiger charge is -2.11. The Kier molecular flexibility index (Phi) is 7.72. The molecule has 5 heteroatoms. The van der Waals surface area contributed by atoms with Gasteiger partial charge in [0.1, 0.15) is 18.1 Å². The van der Waals surface area contributed by atoms with E-state index in [0.29, 0.717) is 30.2 Å². The van der Waals surface area contributed by atoms with Crippen LogP contribution in [-0.4, -0.2) is 19.2 Å². The Bertz CT molecular complexity index is 939. The summed E-state index contributed by atoms with van der Waals surface area (Å²) >= 11 is 0. The molecule has 156 valence electrons. The first-order chi connectivity index (χ1) is 14.6. The van der Waals surface area contributed by atoms with Crippen molar-refractivity contribution in [2.45, 2.75) is 26.4 Å². The molecule has 0 aliphatic carbocycles. The van der Waals surface area contributed by atoms with E-state index in [1.54, 1.807) is 18.2 Å². The Balaban J connectivity index is 1.42. The molecular formula is C25H27NO4. The van der Waals surface area contributed by atoms with Crippen LogP contribution in [0.1, 0.15) is 34.3 Å². The molecule has 0 aliphatic heterocycles. The van der Waals surface area contributed by atoms with E-state index in [2.05, 4.69) is 0 Å². The number of esters is 1. The standard InChI is InChI=1S/C25H27NO4/c1-19-9-12-22(13-10-19)28-15-5-6-16-29-24-17-21(11-14-23(24)26)25(27)30-18-20-7-3-2-4-8-20/h2-4,7-14,17H,5-6,15-16,18,26H2,1H3. The molecule has 0 saturated heterocycles. The summed E-state index contributed by atoms with van der Waals surface area (Å²) in [4.78, 5) is 12.3. The number of ether oxygens (including phenoxy) is 3. The van der Waals surface area contributed by atoms with Crippen molar-refractivity contribution in [2.24, 2.45) is 0 Å². The van der Waals surface area contributed by atoms with E-state index in [1.807, 2.05) is 61.5 Å². The third-order valence-electron chi connectivity index (χ3n) is 4.55. The van der Waals surface area contributed by atoms with Crippen LogP contribution in [0, 0.1) is 6.92 Å². The van der Waals surface area contributed by atoms with E-state index in [0.717, 1.165) is 24.2 Å². The lowest BCUT2D eigenvalue weighted by atomic mass is 10.2. The molecule has 5 nitrogen and oxygen atoms in total. The van der Waals surface area contributed by atoms with Gasteiger partial charge in [-0.15, -0.1) is 0 Å². The molecular weight excluding hydrogens is 378 g/mol. The van der Waals surface area contributed by atoms with Gasteiger partial charge < -0.3 is 19.9 Å². The van der Waals surface area contributed by atoms with E-state index < -0.39 is 5.97 Å². The Hall–Kier alpha value is -3.47. The zero-order valence-electron chi connectivity index (χ0n) is 17.2. The maximum atomic E-state index is 12.3.